The van der Waals surface area contributed by atoms with E-state index in [0.717, 1.165) is 25.0 Å². The Balaban J connectivity index is 1.52. The maximum absolute atomic E-state index is 13.4. The Kier molecular flexibility index (Phi) is 5.17. The number of amides is 1. The lowest BCUT2D eigenvalue weighted by Crippen LogP contribution is -2.22. The number of nitrogens with zero attached hydrogens (tertiary/aromatic N) is 3. The van der Waals surface area contributed by atoms with Crippen molar-refractivity contribution in [2.24, 2.45) is 0 Å². The van der Waals surface area contributed by atoms with Gasteiger partial charge in [0.2, 0.25) is 0 Å². The fourth-order valence-corrected chi connectivity index (χ4v) is 2.53. The van der Waals surface area contributed by atoms with Gasteiger partial charge >= 0.3 is 0 Å². The zero-order valence-electron chi connectivity index (χ0n) is 13.4. The smallest absolute Gasteiger partial charge is 0.251 e. The maximum Gasteiger partial charge on any atom is 0.251 e. The number of aryl methyl sites for hydroxylation is 1. The molecule has 0 saturated carbocycles. The lowest BCUT2D eigenvalue weighted by molar-refractivity contribution is -0.121. The molecular formula is C16H19FN4O3. The molecule has 1 amide bonds. The summed E-state index contributed by atoms with van der Waals surface area (Å²) in [5.41, 5.74) is 1.31. The molecule has 1 N–H and O–H groups in total. The van der Waals surface area contributed by atoms with Crippen molar-refractivity contribution in [2.45, 2.75) is 25.9 Å². The second-order valence-corrected chi connectivity index (χ2v) is 5.73. The molecule has 1 fully saturated rings. The summed E-state index contributed by atoms with van der Waals surface area (Å²) in [6.07, 6.45) is 3.59. The summed E-state index contributed by atoms with van der Waals surface area (Å²) < 4.78 is 25.6. The van der Waals surface area contributed by atoms with E-state index in [1.54, 1.807) is 13.0 Å². The highest BCUT2D eigenvalue weighted by Gasteiger charge is 2.16. The number of anilines is 1. The quantitative estimate of drug-likeness (QED) is 0.872. The van der Waals surface area contributed by atoms with Crippen LogP contribution in [0.4, 0.5) is 10.2 Å². The molecule has 1 aromatic carbocycles. The first-order chi connectivity index (χ1) is 11.6. The van der Waals surface area contributed by atoms with Crippen LogP contribution in [0.1, 0.15) is 18.4 Å². The van der Waals surface area contributed by atoms with Crippen LogP contribution in [-0.4, -0.2) is 46.8 Å². The number of ether oxygens (including phenoxy) is 2. The average Bonchev–Trinajstić information content (AvgIpc) is 3.18. The minimum Gasteiger partial charge on any atom is -0.376 e. The normalized spacial score (nSPS) is 17.2. The zero-order valence-corrected chi connectivity index (χ0v) is 13.4. The van der Waals surface area contributed by atoms with E-state index in [9.17, 15) is 9.18 Å². The van der Waals surface area contributed by atoms with Crippen molar-refractivity contribution in [3.63, 3.8) is 0 Å². The second kappa shape index (κ2) is 7.50. The van der Waals surface area contributed by atoms with E-state index in [2.05, 4.69) is 15.6 Å². The first-order valence-corrected chi connectivity index (χ1v) is 7.79. The summed E-state index contributed by atoms with van der Waals surface area (Å²) in [6, 6.07) is 4.54. The number of carbonyl (C=O) groups is 1. The van der Waals surface area contributed by atoms with Gasteiger partial charge in [-0.25, -0.2) is 9.07 Å². The molecule has 24 heavy (non-hydrogen) atoms. The van der Waals surface area contributed by atoms with Crippen molar-refractivity contribution < 1.29 is 18.7 Å². The van der Waals surface area contributed by atoms with Gasteiger partial charge in [0.1, 0.15) is 12.4 Å². The lowest BCUT2D eigenvalue weighted by Gasteiger charge is -2.09. The van der Waals surface area contributed by atoms with Crippen LogP contribution in [0.15, 0.2) is 24.4 Å². The van der Waals surface area contributed by atoms with Crippen molar-refractivity contribution in [3.05, 3.63) is 35.8 Å². The number of carbonyl (C=O) groups excluding carboxylic acids is 1. The Morgan fingerprint density at radius 2 is 2.38 bits per heavy atom. The first kappa shape index (κ1) is 16.5. The van der Waals surface area contributed by atoms with Crippen molar-refractivity contribution in [1.82, 2.24) is 15.0 Å². The van der Waals surface area contributed by atoms with Crippen molar-refractivity contribution in [2.75, 3.05) is 25.1 Å². The van der Waals surface area contributed by atoms with Crippen LogP contribution in [0.25, 0.3) is 5.69 Å². The molecule has 0 aliphatic carbocycles. The van der Waals surface area contributed by atoms with Crippen molar-refractivity contribution >= 4 is 11.7 Å². The topological polar surface area (TPSA) is 78.3 Å². The highest BCUT2D eigenvalue weighted by Crippen LogP contribution is 2.14. The van der Waals surface area contributed by atoms with E-state index in [1.807, 2.05) is 0 Å². The molecule has 0 unspecified atom stereocenters. The molecule has 3 rings (SSSR count). The number of nitrogens with one attached hydrogen (secondary N) is 1. The first-order valence-electron chi connectivity index (χ1n) is 7.79. The molecule has 0 radical (unpaired) electrons. The van der Waals surface area contributed by atoms with Crippen molar-refractivity contribution in [3.8, 4) is 5.69 Å². The largest absolute Gasteiger partial charge is 0.376 e. The number of aromatic nitrogens is 3. The van der Waals surface area contributed by atoms with Gasteiger partial charge in [0, 0.05) is 6.61 Å². The van der Waals surface area contributed by atoms with Gasteiger partial charge in [0.25, 0.3) is 5.91 Å². The van der Waals surface area contributed by atoms with Gasteiger partial charge in [-0.15, -0.1) is 5.10 Å². The van der Waals surface area contributed by atoms with E-state index in [1.165, 1.54) is 23.0 Å². The molecule has 1 aromatic heterocycles. The molecule has 1 saturated heterocycles. The summed E-state index contributed by atoms with van der Waals surface area (Å²) in [7, 11) is 0. The van der Waals surface area contributed by atoms with E-state index in [4.69, 9.17) is 9.47 Å². The lowest BCUT2D eigenvalue weighted by atomic mass is 10.2. The summed E-state index contributed by atoms with van der Waals surface area (Å²) in [5, 5.41) is 10.3. The fraction of sp³-hybridized carbons (Fsp3) is 0.438. The third-order valence-electron chi connectivity index (χ3n) is 3.61. The van der Waals surface area contributed by atoms with Gasteiger partial charge in [-0.2, -0.15) is 0 Å². The van der Waals surface area contributed by atoms with Gasteiger partial charge in [0.15, 0.2) is 5.82 Å². The molecule has 0 spiro atoms. The van der Waals surface area contributed by atoms with E-state index >= 15 is 0 Å². The summed E-state index contributed by atoms with van der Waals surface area (Å²) >= 11 is 0. The van der Waals surface area contributed by atoms with Crippen LogP contribution in [0.2, 0.25) is 0 Å². The van der Waals surface area contributed by atoms with Crippen LogP contribution in [0.3, 0.4) is 0 Å². The van der Waals surface area contributed by atoms with Gasteiger partial charge in [-0.1, -0.05) is 5.21 Å². The van der Waals surface area contributed by atoms with E-state index in [0.29, 0.717) is 12.3 Å². The van der Waals surface area contributed by atoms with E-state index < -0.39 is 0 Å². The van der Waals surface area contributed by atoms with Gasteiger partial charge in [-0.3, -0.25) is 4.79 Å². The second-order valence-electron chi connectivity index (χ2n) is 5.73. The molecular weight excluding hydrogens is 315 g/mol. The van der Waals surface area contributed by atoms with Crippen LogP contribution >= 0.6 is 0 Å². The van der Waals surface area contributed by atoms with Crippen LogP contribution in [-0.2, 0) is 14.3 Å². The third-order valence-corrected chi connectivity index (χ3v) is 3.61. The summed E-state index contributed by atoms with van der Waals surface area (Å²) in [4.78, 5) is 11.8. The van der Waals surface area contributed by atoms with E-state index in [-0.39, 0.29) is 30.3 Å². The molecule has 2 heterocycles. The molecule has 1 aliphatic heterocycles. The maximum atomic E-state index is 13.4. The van der Waals surface area contributed by atoms with Gasteiger partial charge in [-0.05, 0) is 43.5 Å². The summed E-state index contributed by atoms with van der Waals surface area (Å²) in [6.45, 7) is 2.87. The number of benzene rings is 1. The zero-order chi connectivity index (χ0) is 16.9. The standard InChI is InChI=1S/C16H19FN4O3/c1-11-5-12(17)7-13(6-11)21-8-15(19-20-21)18-16(22)10-23-9-14-3-2-4-24-14/h5-8,14H,2-4,9-10H2,1H3,(H,18,22)/t14-/m1/s1. The molecule has 1 aliphatic rings. The number of hydrogen-bond donors (Lipinski definition) is 1. The average molecular weight is 334 g/mol. The monoisotopic (exact) mass is 334 g/mol. The number of halogens is 1. The predicted octanol–water partition coefficient (Wildman–Crippen LogP) is 1.85. The summed E-state index contributed by atoms with van der Waals surface area (Å²) in [5.74, 6) is -0.397. The number of rotatable bonds is 6. The molecule has 0 bridgehead atoms. The molecule has 8 heteroatoms. The van der Waals surface area contributed by atoms with Crippen LogP contribution in [0, 0.1) is 12.7 Å². The van der Waals surface area contributed by atoms with Crippen LogP contribution in [0.5, 0.6) is 0 Å². The molecule has 7 nitrogen and oxygen atoms in total. The highest BCUT2D eigenvalue weighted by atomic mass is 19.1. The minimum absolute atomic E-state index is 0.0776. The fourth-order valence-electron chi connectivity index (χ4n) is 2.53. The number of hydrogen-bond acceptors (Lipinski definition) is 5. The molecule has 1 atom stereocenters. The minimum atomic E-state index is -0.353. The Hall–Kier alpha value is -2.32. The van der Waals surface area contributed by atoms with Gasteiger partial charge in [0.05, 0.1) is 24.6 Å². The Morgan fingerprint density at radius 1 is 1.50 bits per heavy atom. The Labute approximate surface area is 138 Å². The van der Waals surface area contributed by atoms with Crippen molar-refractivity contribution in [1.29, 1.82) is 0 Å². The Bertz CT molecular complexity index is 693. The third kappa shape index (κ3) is 4.36. The molecule has 2 aromatic rings. The Morgan fingerprint density at radius 3 is 3.12 bits per heavy atom. The molecule has 128 valence electrons. The predicted molar refractivity (Wildman–Crippen MR) is 84.5 cm³/mol. The highest BCUT2D eigenvalue weighted by molar-refractivity contribution is 5.90. The van der Waals surface area contributed by atoms with Gasteiger partial charge < -0.3 is 14.8 Å². The van der Waals surface area contributed by atoms with Crippen LogP contribution < -0.4 is 5.32 Å². The SMILES string of the molecule is Cc1cc(F)cc(-n2cc(NC(=O)COC[C@H]3CCCO3)nn2)c1.